The van der Waals surface area contributed by atoms with Crippen molar-refractivity contribution in [3.8, 4) is 22.4 Å². The second-order valence-electron chi connectivity index (χ2n) is 4.90. The quantitative estimate of drug-likeness (QED) is 0.716. The highest BCUT2D eigenvalue weighted by Gasteiger charge is 2.10. The summed E-state index contributed by atoms with van der Waals surface area (Å²) in [6.45, 7) is 0.279. The number of hydrogen-bond donors (Lipinski definition) is 1. The van der Waals surface area contributed by atoms with Crippen molar-refractivity contribution in [3.05, 3.63) is 76.3 Å². The minimum absolute atomic E-state index is 0.228. The minimum atomic E-state index is -0.228. The molecule has 3 rings (SSSR count). The lowest BCUT2D eigenvalue weighted by molar-refractivity contribution is 0.0954. The molecule has 2 aromatic carbocycles. The Balaban J connectivity index is 1.60. The van der Waals surface area contributed by atoms with E-state index in [2.05, 4.69) is 22.1 Å². The van der Waals surface area contributed by atoms with Crippen LogP contribution in [0.2, 0.25) is 5.02 Å². The number of amides is 1. The molecule has 1 heterocycles. The lowest BCUT2D eigenvalue weighted by Crippen LogP contribution is -2.23. The molecule has 1 amide bonds. The Bertz CT molecular complexity index is 892. The highest BCUT2D eigenvalue weighted by molar-refractivity contribution is 7.13. The molecule has 0 aliphatic heterocycles. The summed E-state index contributed by atoms with van der Waals surface area (Å²) in [4.78, 5) is 16.5. The van der Waals surface area contributed by atoms with Gasteiger partial charge in [0.05, 0.1) is 6.54 Å². The molecule has 0 aliphatic rings. The molecule has 0 spiro atoms. The number of carbonyl (C=O) groups excluding carboxylic acids is 1. The Kier molecular flexibility index (Phi) is 5.27. The molecule has 0 radical (unpaired) electrons. The molecule has 0 unspecified atom stereocenters. The fraction of sp³-hybridized carbons (Fsp3) is 0.0526. The Labute approximate surface area is 149 Å². The second kappa shape index (κ2) is 7.78. The monoisotopic (exact) mass is 352 g/mol. The number of hydrogen-bond acceptors (Lipinski definition) is 3. The number of carbonyl (C=O) groups is 1. The number of aromatic nitrogens is 1. The fourth-order valence-corrected chi connectivity index (χ4v) is 2.92. The molecule has 0 saturated carbocycles. The predicted octanol–water partition coefficient (Wildman–Crippen LogP) is 4.25. The zero-order valence-corrected chi connectivity index (χ0v) is 14.2. The van der Waals surface area contributed by atoms with E-state index in [1.165, 1.54) is 11.3 Å². The normalized spacial score (nSPS) is 9.88. The van der Waals surface area contributed by atoms with Gasteiger partial charge >= 0.3 is 0 Å². The van der Waals surface area contributed by atoms with Gasteiger partial charge in [-0.25, -0.2) is 4.98 Å². The summed E-state index contributed by atoms with van der Waals surface area (Å²) in [5.41, 5.74) is 2.25. The largest absolute Gasteiger partial charge is 0.340 e. The van der Waals surface area contributed by atoms with Gasteiger partial charge in [-0.05, 0) is 24.3 Å². The lowest BCUT2D eigenvalue weighted by atomic mass is 10.2. The van der Waals surface area contributed by atoms with Crippen LogP contribution in [0, 0.1) is 11.8 Å². The van der Waals surface area contributed by atoms with Crippen LogP contribution in [0.25, 0.3) is 10.6 Å². The molecule has 3 nitrogen and oxygen atoms in total. The van der Waals surface area contributed by atoms with E-state index >= 15 is 0 Å². The first-order valence-electron chi connectivity index (χ1n) is 7.26. The van der Waals surface area contributed by atoms with Crippen LogP contribution in [0.1, 0.15) is 16.1 Å². The summed E-state index contributed by atoms with van der Waals surface area (Å²) < 4.78 is 0. The van der Waals surface area contributed by atoms with Crippen molar-refractivity contribution >= 4 is 28.8 Å². The third kappa shape index (κ3) is 4.23. The van der Waals surface area contributed by atoms with Gasteiger partial charge in [0.1, 0.15) is 10.7 Å². The van der Waals surface area contributed by atoms with Crippen LogP contribution >= 0.6 is 22.9 Å². The van der Waals surface area contributed by atoms with Gasteiger partial charge in [-0.3, -0.25) is 4.79 Å². The zero-order chi connectivity index (χ0) is 16.8. The van der Waals surface area contributed by atoms with Crippen molar-refractivity contribution in [2.45, 2.75) is 0 Å². The maximum absolute atomic E-state index is 12.1. The standard InChI is InChI=1S/C19H13ClN2OS/c20-16-10-8-15(9-11-16)19-22-17(13-24-19)18(23)21-12-4-7-14-5-2-1-3-6-14/h1-3,5-6,8-11,13H,12H2,(H,21,23). The summed E-state index contributed by atoms with van der Waals surface area (Å²) >= 11 is 7.30. The van der Waals surface area contributed by atoms with E-state index in [9.17, 15) is 4.79 Å². The third-order valence-electron chi connectivity index (χ3n) is 3.17. The van der Waals surface area contributed by atoms with Gasteiger partial charge in [-0.1, -0.05) is 53.8 Å². The molecule has 1 aromatic heterocycles. The van der Waals surface area contributed by atoms with Gasteiger partial charge in [0.15, 0.2) is 0 Å². The predicted molar refractivity (Wildman–Crippen MR) is 98.2 cm³/mol. The van der Waals surface area contributed by atoms with Gasteiger partial charge in [-0.15, -0.1) is 11.3 Å². The van der Waals surface area contributed by atoms with Crippen LogP contribution in [0.5, 0.6) is 0 Å². The van der Waals surface area contributed by atoms with E-state index in [0.717, 1.165) is 16.1 Å². The summed E-state index contributed by atoms with van der Waals surface area (Å²) in [5, 5.41) is 5.95. The molecule has 5 heteroatoms. The van der Waals surface area contributed by atoms with Crippen molar-refractivity contribution < 1.29 is 4.79 Å². The SMILES string of the molecule is O=C(NCC#Cc1ccccc1)c1csc(-c2ccc(Cl)cc2)n1. The Morgan fingerprint density at radius 1 is 1.12 bits per heavy atom. The average Bonchev–Trinajstić information content (AvgIpc) is 3.10. The molecule has 1 N–H and O–H groups in total. The molecule has 0 atom stereocenters. The molecule has 24 heavy (non-hydrogen) atoms. The van der Waals surface area contributed by atoms with Gasteiger partial charge in [0.25, 0.3) is 5.91 Å². The summed E-state index contributed by atoms with van der Waals surface area (Å²) in [6, 6.07) is 17.0. The smallest absolute Gasteiger partial charge is 0.271 e. The molecular weight excluding hydrogens is 340 g/mol. The summed E-state index contributed by atoms with van der Waals surface area (Å²) in [7, 11) is 0. The van der Waals surface area contributed by atoms with Crippen LogP contribution in [-0.4, -0.2) is 17.4 Å². The zero-order valence-electron chi connectivity index (χ0n) is 12.6. The summed E-state index contributed by atoms with van der Waals surface area (Å²) in [5.74, 6) is 5.69. The third-order valence-corrected chi connectivity index (χ3v) is 4.32. The van der Waals surface area contributed by atoms with Crippen LogP contribution in [0.3, 0.4) is 0 Å². The molecule has 0 saturated heterocycles. The summed E-state index contributed by atoms with van der Waals surface area (Å²) in [6.07, 6.45) is 0. The van der Waals surface area contributed by atoms with Crippen LogP contribution in [0.15, 0.2) is 60.0 Å². The van der Waals surface area contributed by atoms with E-state index < -0.39 is 0 Å². The number of benzene rings is 2. The minimum Gasteiger partial charge on any atom is -0.340 e. The maximum atomic E-state index is 12.1. The number of nitrogens with zero attached hydrogens (tertiary/aromatic N) is 1. The number of nitrogens with one attached hydrogen (secondary N) is 1. The van der Waals surface area contributed by atoms with E-state index in [1.54, 1.807) is 17.5 Å². The molecular formula is C19H13ClN2OS. The van der Waals surface area contributed by atoms with E-state index in [1.807, 2.05) is 42.5 Å². The van der Waals surface area contributed by atoms with Crippen molar-refractivity contribution in [2.75, 3.05) is 6.54 Å². The number of rotatable bonds is 3. The van der Waals surface area contributed by atoms with Crippen molar-refractivity contribution in [1.29, 1.82) is 0 Å². The first-order valence-corrected chi connectivity index (χ1v) is 8.52. The highest BCUT2D eigenvalue weighted by atomic mass is 35.5. The van der Waals surface area contributed by atoms with Crippen LogP contribution in [0.4, 0.5) is 0 Å². The maximum Gasteiger partial charge on any atom is 0.271 e. The van der Waals surface area contributed by atoms with Crippen LogP contribution < -0.4 is 5.32 Å². The first kappa shape index (κ1) is 16.3. The van der Waals surface area contributed by atoms with Gasteiger partial charge in [-0.2, -0.15) is 0 Å². The topological polar surface area (TPSA) is 42.0 Å². The Hall–Kier alpha value is -2.61. The van der Waals surface area contributed by atoms with Crippen molar-refractivity contribution in [1.82, 2.24) is 10.3 Å². The Morgan fingerprint density at radius 2 is 1.88 bits per heavy atom. The highest BCUT2D eigenvalue weighted by Crippen LogP contribution is 2.24. The van der Waals surface area contributed by atoms with Gasteiger partial charge in [0.2, 0.25) is 0 Å². The van der Waals surface area contributed by atoms with Crippen molar-refractivity contribution in [2.24, 2.45) is 0 Å². The average molecular weight is 353 g/mol. The van der Waals surface area contributed by atoms with Gasteiger partial charge < -0.3 is 5.32 Å². The second-order valence-corrected chi connectivity index (χ2v) is 6.19. The van der Waals surface area contributed by atoms with E-state index in [0.29, 0.717) is 10.7 Å². The molecule has 0 bridgehead atoms. The Morgan fingerprint density at radius 3 is 2.62 bits per heavy atom. The molecule has 118 valence electrons. The number of halogens is 1. The number of thiazole rings is 1. The molecule has 3 aromatic rings. The van der Waals surface area contributed by atoms with E-state index in [4.69, 9.17) is 11.6 Å². The van der Waals surface area contributed by atoms with Crippen LogP contribution in [-0.2, 0) is 0 Å². The molecule has 0 fully saturated rings. The van der Waals surface area contributed by atoms with E-state index in [-0.39, 0.29) is 12.5 Å². The molecule has 0 aliphatic carbocycles. The lowest BCUT2D eigenvalue weighted by Gasteiger charge is -1.97. The van der Waals surface area contributed by atoms with Crippen molar-refractivity contribution in [3.63, 3.8) is 0 Å². The fourth-order valence-electron chi connectivity index (χ4n) is 1.99. The first-order chi connectivity index (χ1) is 11.7. The van der Waals surface area contributed by atoms with Gasteiger partial charge in [0, 0.05) is 21.5 Å².